The Labute approximate surface area is 228 Å². The number of hydrogen-bond donors (Lipinski definition) is 1. The normalized spacial score (nSPS) is 14.6. The first-order chi connectivity index (χ1) is 18.5. The van der Waals surface area contributed by atoms with E-state index in [4.69, 9.17) is 25.8 Å². The third kappa shape index (κ3) is 7.25. The van der Waals surface area contributed by atoms with Gasteiger partial charge in [-0.3, -0.25) is 4.90 Å². The number of piperazine rings is 1. The summed E-state index contributed by atoms with van der Waals surface area (Å²) < 4.78 is 16.5. The number of hydrogen-bond acceptors (Lipinski definition) is 6. The van der Waals surface area contributed by atoms with Crippen molar-refractivity contribution in [3.63, 3.8) is 0 Å². The summed E-state index contributed by atoms with van der Waals surface area (Å²) in [7, 11) is 2.96. The Hall–Kier alpha value is -3.59. The number of amides is 2. The van der Waals surface area contributed by atoms with Crippen molar-refractivity contribution in [2.75, 3.05) is 52.3 Å². The van der Waals surface area contributed by atoms with Crippen LogP contribution in [-0.4, -0.2) is 68.7 Å². The van der Waals surface area contributed by atoms with E-state index in [-0.39, 0.29) is 12.1 Å². The number of nitrogens with one attached hydrogen (secondary N) is 1. The van der Waals surface area contributed by atoms with Gasteiger partial charge in [0.1, 0.15) is 5.75 Å². The molecule has 1 atom stereocenters. The molecule has 0 aromatic heterocycles. The van der Waals surface area contributed by atoms with Crippen LogP contribution < -0.4 is 10.1 Å². The van der Waals surface area contributed by atoms with Gasteiger partial charge in [0.05, 0.1) is 38.2 Å². The quantitative estimate of drug-likeness (QED) is 0.376. The van der Waals surface area contributed by atoms with Crippen molar-refractivity contribution in [3.8, 4) is 5.75 Å². The standard InChI is InChI=1S/C29H32ClN3O5/c1-36-24-7-5-6-21(18-24)20-38-27(22-10-12-23(30)13-11-22)19-32-14-16-33(17-15-32)29(35)31-26-9-4-3-8-25(26)28(34)37-2/h3-13,18,27H,14-17,19-20H2,1-2H3,(H,31,35)/t27-/m0/s1. The third-order valence-corrected chi connectivity index (χ3v) is 6.74. The van der Waals surface area contributed by atoms with Crippen LogP contribution in [0.3, 0.4) is 0 Å². The average molecular weight is 538 g/mol. The Morgan fingerprint density at radius 1 is 0.947 bits per heavy atom. The topological polar surface area (TPSA) is 80.3 Å². The predicted molar refractivity (Wildman–Crippen MR) is 147 cm³/mol. The van der Waals surface area contributed by atoms with Gasteiger partial charge in [-0.05, 0) is 47.5 Å². The fraction of sp³-hybridized carbons (Fsp3) is 0.310. The third-order valence-electron chi connectivity index (χ3n) is 6.48. The zero-order chi connectivity index (χ0) is 26.9. The number of carbonyl (C=O) groups excluding carboxylic acids is 2. The van der Waals surface area contributed by atoms with Gasteiger partial charge in [0.15, 0.2) is 0 Å². The number of urea groups is 1. The average Bonchev–Trinajstić information content (AvgIpc) is 2.96. The van der Waals surface area contributed by atoms with Crippen LogP contribution in [0.15, 0.2) is 72.8 Å². The number of para-hydroxylation sites is 1. The van der Waals surface area contributed by atoms with Crippen molar-refractivity contribution >= 4 is 29.3 Å². The number of esters is 1. The van der Waals surface area contributed by atoms with Crippen LogP contribution in [0.5, 0.6) is 5.75 Å². The van der Waals surface area contributed by atoms with Crippen molar-refractivity contribution in [3.05, 3.63) is 94.5 Å². The monoisotopic (exact) mass is 537 g/mol. The van der Waals surface area contributed by atoms with Crippen molar-refractivity contribution < 1.29 is 23.8 Å². The van der Waals surface area contributed by atoms with Crippen LogP contribution in [0.2, 0.25) is 5.02 Å². The van der Waals surface area contributed by atoms with E-state index in [0.717, 1.165) is 16.9 Å². The van der Waals surface area contributed by atoms with Gasteiger partial charge >= 0.3 is 12.0 Å². The van der Waals surface area contributed by atoms with E-state index < -0.39 is 5.97 Å². The molecule has 3 aromatic rings. The first-order valence-corrected chi connectivity index (χ1v) is 12.8. The van der Waals surface area contributed by atoms with Gasteiger partial charge in [0.2, 0.25) is 0 Å². The first-order valence-electron chi connectivity index (χ1n) is 12.4. The van der Waals surface area contributed by atoms with E-state index in [1.807, 2.05) is 48.5 Å². The van der Waals surface area contributed by atoms with E-state index in [9.17, 15) is 9.59 Å². The molecule has 2 amide bonds. The molecule has 1 N–H and O–H groups in total. The van der Waals surface area contributed by atoms with Gasteiger partial charge in [0, 0.05) is 37.7 Å². The minimum atomic E-state index is -0.493. The molecule has 0 bridgehead atoms. The van der Waals surface area contributed by atoms with Crippen LogP contribution in [-0.2, 0) is 16.1 Å². The fourth-order valence-electron chi connectivity index (χ4n) is 4.33. The van der Waals surface area contributed by atoms with Gasteiger partial charge in [-0.15, -0.1) is 0 Å². The van der Waals surface area contributed by atoms with E-state index >= 15 is 0 Å². The molecule has 9 heteroatoms. The van der Waals surface area contributed by atoms with E-state index in [0.29, 0.717) is 55.6 Å². The molecule has 0 radical (unpaired) electrons. The van der Waals surface area contributed by atoms with E-state index in [1.54, 1.807) is 36.3 Å². The van der Waals surface area contributed by atoms with Gasteiger partial charge < -0.3 is 24.4 Å². The zero-order valence-corrected chi connectivity index (χ0v) is 22.3. The molecule has 1 heterocycles. The molecule has 200 valence electrons. The van der Waals surface area contributed by atoms with E-state index in [1.165, 1.54) is 7.11 Å². The van der Waals surface area contributed by atoms with Crippen LogP contribution in [0.4, 0.5) is 10.5 Å². The molecule has 0 saturated carbocycles. The molecule has 0 spiro atoms. The highest BCUT2D eigenvalue weighted by atomic mass is 35.5. The summed E-state index contributed by atoms with van der Waals surface area (Å²) in [5.74, 6) is 0.297. The number of anilines is 1. The summed E-state index contributed by atoms with van der Waals surface area (Å²) in [6, 6.07) is 22.1. The van der Waals surface area contributed by atoms with Gasteiger partial charge in [-0.1, -0.05) is 48.0 Å². The Bertz CT molecular complexity index is 1230. The molecule has 1 aliphatic rings. The summed E-state index contributed by atoms with van der Waals surface area (Å²) in [6.07, 6.45) is -0.175. The second kappa shape index (κ2) is 13.3. The molecular formula is C29H32ClN3O5. The lowest BCUT2D eigenvalue weighted by Gasteiger charge is -2.36. The fourth-order valence-corrected chi connectivity index (χ4v) is 4.46. The number of carbonyl (C=O) groups is 2. The van der Waals surface area contributed by atoms with Gasteiger partial charge in [0.25, 0.3) is 0 Å². The summed E-state index contributed by atoms with van der Waals surface area (Å²) >= 11 is 6.12. The Morgan fingerprint density at radius 3 is 2.39 bits per heavy atom. The van der Waals surface area contributed by atoms with E-state index in [2.05, 4.69) is 10.2 Å². The Balaban J connectivity index is 1.36. The van der Waals surface area contributed by atoms with Crippen LogP contribution in [0.25, 0.3) is 0 Å². The molecular weight excluding hydrogens is 506 g/mol. The second-order valence-electron chi connectivity index (χ2n) is 8.96. The second-order valence-corrected chi connectivity index (χ2v) is 9.39. The first kappa shape index (κ1) is 27.4. The number of benzene rings is 3. The summed E-state index contributed by atoms with van der Waals surface area (Å²) in [5.41, 5.74) is 2.82. The van der Waals surface area contributed by atoms with Gasteiger partial charge in [-0.2, -0.15) is 0 Å². The molecule has 38 heavy (non-hydrogen) atoms. The van der Waals surface area contributed by atoms with Crippen molar-refractivity contribution in [1.82, 2.24) is 9.80 Å². The maximum Gasteiger partial charge on any atom is 0.339 e. The maximum absolute atomic E-state index is 12.9. The number of ether oxygens (including phenoxy) is 3. The molecule has 8 nitrogen and oxygen atoms in total. The lowest BCUT2D eigenvalue weighted by Crippen LogP contribution is -2.51. The molecule has 1 fully saturated rings. The lowest BCUT2D eigenvalue weighted by molar-refractivity contribution is 0.00588. The minimum absolute atomic E-state index is 0.175. The molecule has 1 saturated heterocycles. The zero-order valence-electron chi connectivity index (χ0n) is 21.6. The SMILES string of the molecule is COC(=O)c1ccccc1NC(=O)N1CCN(C[C@H](OCc2cccc(OC)c2)c2ccc(Cl)cc2)CC1. The minimum Gasteiger partial charge on any atom is -0.497 e. The highest BCUT2D eigenvalue weighted by Gasteiger charge is 2.25. The highest BCUT2D eigenvalue weighted by molar-refractivity contribution is 6.30. The van der Waals surface area contributed by atoms with Crippen molar-refractivity contribution in [2.24, 2.45) is 0 Å². The van der Waals surface area contributed by atoms with Crippen LogP contribution >= 0.6 is 11.6 Å². The number of nitrogens with zero attached hydrogens (tertiary/aromatic N) is 2. The Kier molecular flexibility index (Phi) is 9.59. The molecule has 0 aliphatic carbocycles. The summed E-state index contributed by atoms with van der Waals surface area (Å²) in [5, 5.41) is 3.52. The lowest BCUT2D eigenvalue weighted by atomic mass is 10.1. The number of rotatable bonds is 9. The highest BCUT2D eigenvalue weighted by Crippen LogP contribution is 2.24. The largest absolute Gasteiger partial charge is 0.497 e. The molecule has 1 aliphatic heterocycles. The summed E-state index contributed by atoms with van der Waals surface area (Å²) in [6.45, 7) is 3.60. The smallest absolute Gasteiger partial charge is 0.339 e. The molecule has 4 rings (SSSR count). The predicted octanol–water partition coefficient (Wildman–Crippen LogP) is 5.24. The van der Waals surface area contributed by atoms with Gasteiger partial charge in [-0.25, -0.2) is 9.59 Å². The van der Waals surface area contributed by atoms with Crippen LogP contribution in [0.1, 0.15) is 27.6 Å². The maximum atomic E-state index is 12.9. The van der Waals surface area contributed by atoms with Crippen molar-refractivity contribution in [1.29, 1.82) is 0 Å². The molecule has 0 unspecified atom stereocenters. The number of halogens is 1. The molecule has 3 aromatic carbocycles. The summed E-state index contributed by atoms with van der Waals surface area (Å²) in [4.78, 5) is 29.0. The van der Waals surface area contributed by atoms with Crippen LogP contribution in [0, 0.1) is 0 Å². The number of methoxy groups -OCH3 is 2. The Morgan fingerprint density at radius 2 is 1.68 bits per heavy atom. The van der Waals surface area contributed by atoms with Crippen molar-refractivity contribution in [2.45, 2.75) is 12.7 Å².